The molecule has 2 aromatic carbocycles. The van der Waals surface area contributed by atoms with Crippen LogP contribution in [0.4, 0.5) is 13.2 Å². The van der Waals surface area contributed by atoms with E-state index in [0.29, 0.717) is 24.1 Å². The van der Waals surface area contributed by atoms with Gasteiger partial charge in [0, 0.05) is 12.6 Å². The molecule has 2 nitrogen and oxygen atoms in total. The first-order valence-electron chi connectivity index (χ1n) is 6.64. The fourth-order valence-corrected chi connectivity index (χ4v) is 2.06. The van der Waals surface area contributed by atoms with Gasteiger partial charge in [0.05, 0.1) is 6.10 Å². The zero-order valence-corrected chi connectivity index (χ0v) is 11.3. The molecule has 21 heavy (non-hydrogen) atoms. The molecular weight excluding hydrogens is 279 g/mol. The average molecular weight is 295 g/mol. The molecule has 0 bridgehead atoms. The van der Waals surface area contributed by atoms with Crippen molar-refractivity contribution in [1.82, 2.24) is 5.32 Å². The van der Waals surface area contributed by atoms with Gasteiger partial charge in [-0.05, 0) is 48.4 Å². The lowest BCUT2D eigenvalue weighted by Crippen LogP contribution is -2.23. The van der Waals surface area contributed by atoms with E-state index in [0.717, 1.165) is 6.07 Å². The van der Waals surface area contributed by atoms with E-state index in [2.05, 4.69) is 5.32 Å². The lowest BCUT2D eigenvalue weighted by molar-refractivity contribution is 0.174. The number of aliphatic hydroxyl groups excluding tert-OH is 1. The summed E-state index contributed by atoms with van der Waals surface area (Å²) < 4.78 is 39.0. The highest BCUT2D eigenvalue weighted by molar-refractivity contribution is 5.19. The van der Waals surface area contributed by atoms with E-state index in [1.807, 2.05) is 0 Å². The number of hydrogen-bond acceptors (Lipinski definition) is 2. The van der Waals surface area contributed by atoms with E-state index in [1.54, 1.807) is 6.07 Å². The van der Waals surface area contributed by atoms with E-state index in [4.69, 9.17) is 0 Å². The van der Waals surface area contributed by atoms with E-state index < -0.39 is 23.6 Å². The Hall–Kier alpha value is -1.85. The maximum Gasteiger partial charge on any atom is 0.126 e. The van der Waals surface area contributed by atoms with Gasteiger partial charge in [0.2, 0.25) is 0 Å². The second-order valence-corrected chi connectivity index (χ2v) is 4.80. The molecule has 0 aliphatic rings. The van der Waals surface area contributed by atoms with Crippen LogP contribution in [0.1, 0.15) is 17.2 Å². The quantitative estimate of drug-likeness (QED) is 0.803. The van der Waals surface area contributed by atoms with Crippen LogP contribution in [0.5, 0.6) is 0 Å². The zero-order valence-electron chi connectivity index (χ0n) is 11.3. The molecule has 5 heteroatoms. The minimum atomic E-state index is -0.829. The Kier molecular flexibility index (Phi) is 5.36. The molecule has 1 unspecified atom stereocenters. The number of aliphatic hydroxyl groups is 1. The lowest BCUT2D eigenvalue weighted by Gasteiger charge is -2.12. The van der Waals surface area contributed by atoms with Gasteiger partial charge in [-0.25, -0.2) is 13.2 Å². The van der Waals surface area contributed by atoms with Crippen LogP contribution in [0.25, 0.3) is 0 Å². The molecule has 2 N–H and O–H groups in total. The third-order valence-corrected chi connectivity index (χ3v) is 3.08. The molecule has 0 heterocycles. The van der Waals surface area contributed by atoms with Gasteiger partial charge in [-0.15, -0.1) is 0 Å². The normalized spacial score (nSPS) is 12.4. The number of rotatable bonds is 6. The molecule has 2 rings (SSSR count). The number of hydrogen-bond donors (Lipinski definition) is 2. The van der Waals surface area contributed by atoms with Crippen molar-refractivity contribution in [3.05, 3.63) is 71.0 Å². The number of halogens is 3. The van der Waals surface area contributed by atoms with Gasteiger partial charge in [-0.1, -0.05) is 12.1 Å². The summed E-state index contributed by atoms with van der Waals surface area (Å²) in [5.41, 5.74) is 1.03. The highest BCUT2D eigenvalue weighted by Crippen LogP contribution is 2.13. The smallest absolute Gasteiger partial charge is 0.126 e. The summed E-state index contributed by atoms with van der Waals surface area (Å²) in [6.07, 6.45) is -0.394. The van der Waals surface area contributed by atoms with Crippen molar-refractivity contribution >= 4 is 0 Å². The summed E-state index contributed by atoms with van der Waals surface area (Å²) in [5.74, 6) is -1.61. The topological polar surface area (TPSA) is 32.3 Å². The van der Waals surface area contributed by atoms with Gasteiger partial charge in [0.25, 0.3) is 0 Å². The largest absolute Gasteiger partial charge is 0.387 e. The van der Waals surface area contributed by atoms with Crippen molar-refractivity contribution < 1.29 is 18.3 Å². The Morgan fingerprint density at radius 2 is 1.67 bits per heavy atom. The molecule has 0 spiro atoms. The van der Waals surface area contributed by atoms with Crippen LogP contribution in [0.3, 0.4) is 0 Å². The van der Waals surface area contributed by atoms with Crippen molar-refractivity contribution in [2.24, 2.45) is 0 Å². The van der Waals surface area contributed by atoms with Gasteiger partial charge >= 0.3 is 0 Å². The molecule has 0 fully saturated rings. The number of benzene rings is 2. The third kappa shape index (κ3) is 4.88. The Morgan fingerprint density at radius 1 is 0.952 bits per heavy atom. The van der Waals surface area contributed by atoms with Crippen molar-refractivity contribution in [2.45, 2.75) is 12.5 Å². The molecule has 0 aromatic heterocycles. The second-order valence-electron chi connectivity index (χ2n) is 4.80. The van der Waals surface area contributed by atoms with Crippen LogP contribution in [0.15, 0.2) is 42.5 Å². The fourth-order valence-electron chi connectivity index (χ4n) is 2.06. The standard InChI is InChI=1S/C16H16F3NO/c17-13-3-1-2-12(8-13)16(21)10-20-5-4-11-6-14(18)9-15(19)7-11/h1-3,6-9,16,20-21H,4-5,10H2. The first kappa shape index (κ1) is 15.5. The fraction of sp³-hybridized carbons (Fsp3) is 0.250. The molecule has 0 aliphatic carbocycles. The maximum absolute atomic E-state index is 13.0. The Bertz CT molecular complexity index is 584. The van der Waals surface area contributed by atoms with Crippen LogP contribution in [0, 0.1) is 17.5 Å². The van der Waals surface area contributed by atoms with Crippen molar-refractivity contribution in [1.29, 1.82) is 0 Å². The lowest BCUT2D eigenvalue weighted by atomic mass is 10.1. The SMILES string of the molecule is OC(CNCCc1cc(F)cc(F)c1)c1cccc(F)c1. The van der Waals surface area contributed by atoms with Gasteiger partial charge in [0.15, 0.2) is 0 Å². The summed E-state index contributed by atoms with van der Waals surface area (Å²) in [7, 11) is 0. The van der Waals surface area contributed by atoms with Crippen molar-refractivity contribution in [3.8, 4) is 0 Å². The third-order valence-electron chi connectivity index (χ3n) is 3.08. The molecule has 0 saturated carbocycles. The monoisotopic (exact) mass is 295 g/mol. The highest BCUT2D eigenvalue weighted by atomic mass is 19.1. The maximum atomic E-state index is 13.0. The first-order valence-corrected chi connectivity index (χ1v) is 6.64. The molecule has 112 valence electrons. The summed E-state index contributed by atoms with van der Waals surface area (Å²) in [4.78, 5) is 0. The molecule has 0 aliphatic heterocycles. The van der Waals surface area contributed by atoms with Gasteiger partial charge in [-0.2, -0.15) is 0 Å². The Balaban J connectivity index is 1.79. The van der Waals surface area contributed by atoms with Crippen LogP contribution in [0.2, 0.25) is 0 Å². The number of nitrogens with one attached hydrogen (secondary N) is 1. The second kappa shape index (κ2) is 7.24. The van der Waals surface area contributed by atoms with Crippen LogP contribution in [-0.2, 0) is 6.42 Å². The van der Waals surface area contributed by atoms with E-state index in [9.17, 15) is 18.3 Å². The average Bonchev–Trinajstić information content (AvgIpc) is 2.42. The molecular formula is C16H16F3NO. The van der Waals surface area contributed by atoms with E-state index in [-0.39, 0.29) is 6.54 Å². The Morgan fingerprint density at radius 3 is 2.33 bits per heavy atom. The van der Waals surface area contributed by atoms with E-state index in [1.165, 1.54) is 30.3 Å². The molecule has 0 saturated heterocycles. The highest BCUT2D eigenvalue weighted by Gasteiger charge is 2.07. The van der Waals surface area contributed by atoms with Gasteiger partial charge in [-0.3, -0.25) is 0 Å². The van der Waals surface area contributed by atoms with Gasteiger partial charge in [0.1, 0.15) is 17.5 Å². The molecule has 0 amide bonds. The van der Waals surface area contributed by atoms with Crippen molar-refractivity contribution in [2.75, 3.05) is 13.1 Å². The summed E-state index contributed by atoms with van der Waals surface area (Å²) in [5, 5.41) is 12.9. The van der Waals surface area contributed by atoms with Crippen molar-refractivity contribution in [3.63, 3.8) is 0 Å². The first-order chi connectivity index (χ1) is 10.0. The minimum Gasteiger partial charge on any atom is -0.387 e. The molecule has 0 radical (unpaired) electrons. The van der Waals surface area contributed by atoms with Gasteiger partial charge < -0.3 is 10.4 Å². The van der Waals surface area contributed by atoms with Crippen LogP contribution in [-0.4, -0.2) is 18.2 Å². The van der Waals surface area contributed by atoms with Crippen LogP contribution >= 0.6 is 0 Å². The Labute approximate surface area is 121 Å². The predicted octanol–water partition coefficient (Wildman–Crippen LogP) is 2.97. The zero-order chi connectivity index (χ0) is 15.2. The van der Waals surface area contributed by atoms with Crippen LogP contribution < -0.4 is 5.32 Å². The molecule has 2 aromatic rings. The summed E-state index contributed by atoms with van der Waals surface area (Å²) in [6, 6.07) is 9.11. The van der Waals surface area contributed by atoms with E-state index >= 15 is 0 Å². The predicted molar refractivity (Wildman–Crippen MR) is 74.3 cm³/mol. The summed E-state index contributed by atoms with van der Waals surface area (Å²) >= 11 is 0. The molecule has 1 atom stereocenters. The summed E-state index contributed by atoms with van der Waals surface area (Å²) in [6.45, 7) is 0.691. The minimum absolute atomic E-state index is 0.237.